The molecule has 0 radical (unpaired) electrons. The predicted octanol–water partition coefficient (Wildman–Crippen LogP) is 0.539. The number of furan rings is 1. The molecule has 2 aromatic heterocycles. The molecule has 8 nitrogen and oxygen atoms in total. The number of piperazine rings is 1. The van der Waals surface area contributed by atoms with Crippen LogP contribution >= 0.6 is 0 Å². The van der Waals surface area contributed by atoms with Crippen LogP contribution in [0.25, 0.3) is 0 Å². The second-order valence-corrected chi connectivity index (χ2v) is 6.79. The standard InChI is InChI=1S/C18H23N5O3/c24-16(15-3-1-14-26-15)21-10-12-22(13-11-21)17(25)18(4-7-19-8-5-18)23-9-2-6-20-23/h1-3,6,9,14,19H,4-5,7-8,10-13H2. The maximum absolute atomic E-state index is 13.4. The number of hydrogen-bond acceptors (Lipinski definition) is 5. The van der Waals surface area contributed by atoms with Gasteiger partial charge in [-0.2, -0.15) is 5.10 Å². The predicted molar refractivity (Wildman–Crippen MR) is 93.5 cm³/mol. The second-order valence-electron chi connectivity index (χ2n) is 6.79. The number of rotatable bonds is 3. The zero-order valence-electron chi connectivity index (χ0n) is 14.6. The Balaban J connectivity index is 1.46. The van der Waals surface area contributed by atoms with E-state index in [4.69, 9.17) is 4.42 Å². The van der Waals surface area contributed by atoms with Gasteiger partial charge in [-0.3, -0.25) is 14.3 Å². The molecule has 2 aliphatic heterocycles. The normalized spacial score (nSPS) is 20.2. The highest BCUT2D eigenvalue weighted by molar-refractivity contribution is 5.92. The lowest BCUT2D eigenvalue weighted by molar-refractivity contribution is -0.144. The van der Waals surface area contributed by atoms with Gasteiger partial charge in [0.1, 0.15) is 5.54 Å². The lowest BCUT2D eigenvalue weighted by Gasteiger charge is -2.42. The van der Waals surface area contributed by atoms with Crippen LogP contribution in [0, 0.1) is 0 Å². The Hall–Kier alpha value is -2.61. The van der Waals surface area contributed by atoms with Crippen LogP contribution in [0.1, 0.15) is 23.4 Å². The first kappa shape index (κ1) is 16.8. The van der Waals surface area contributed by atoms with Gasteiger partial charge < -0.3 is 19.5 Å². The number of nitrogens with zero attached hydrogens (tertiary/aromatic N) is 4. The summed E-state index contributed by atoms with van der Waals surface area (Å²) >= 11 is 0. The van der Waals surface area contributed by atoms with Crippen molar-refractivity contribution in [3.05, 3.63) is 42.6 Å². The third-order valence-corrected chi connectivity index (χ3v) is 5.36. The average Bonchev–Trinajstić information content (AvgIpc) is 3.41. The molecule has 0 bridgehead atoms. The fraction of sp³-hybridized carbons (Fsp3) is 0.500. The van der Waals surface area contributed by atoms with Gasteiger partial charge in [-0.15, -0.1) is 0 Å². The average molecular weight is 357 g/mol. The topological polar surface area (TPSA) is 83.6 Å². The zero-order chi connectivity index (χ0) is 18.0. The van der Waals surface area contributed by atoms with E-state index >= 15 is 0 Å². The van der Waals surface area contributed by atoms with Crippen LogP contribution < -0.4 is 5.32 Å². The Morgan fingerprint density at radius 1 is 1.08 bits per heavy atom. The lowest BCUT2D eigenvalue weighted by Crippen LogP contribution is -2.59. The molecular formula is C18H23N5O3. The number of amides is 2. The molecule has 4 rings (SSSR count). The molecule has 0 atom stereocenters. The Bertz CT molecular complexity index is 742. The molecule has 0 spiro atoms. The summed E-state index contributed by atoms with van der Waals surface area (Å²) in [6.45, 7) is 3.67. The Labute approximate surface area is 151 Å². The molecule has 0 unspecified atom stereocenters. The molecule has 0 aromatic carbocycles. The fourth-order valence-electron chi connectivity index (χ4n) is 3.87. The van der Waals surface area contributed by atoms with Crippen molar-refractivity contribution in [2.75, 3.05) is 39.3 Å². The van der Waals surface area contributed by atoms with Crippen LogP contribution in [-0.4, -0.2) is 70.7 Å². The van der Waals surface area contributed by atoms with E-state index in [1.807, 2.05) is 21.8 Å². The monoisotopic (exact) mass is 357 g/mol. The maximum Gasteiger partial charge on any atom is 0.289 e. The van der Waals surface area contributed by atoms with Gasteiger partial charge in [0.2, 0.25) is 0 Å². The number of nitrogens with one attached hydrogen (secondary N) is 1. The van der Waals surface area contributed by atoms with Crippen molar-refractivity contribution in [2.24, 2.45) is 0 Å². The highest BCUT2D eigenvalue weighted by Gasteiger charge is 2.45. The van der Waals surface area contributed by atoms with E-state index in [0.29, 0.717) is 31.9 Å². The van der Waals surface area contributed by atoms with Crippen LogP contribution in [0.15, 0.2) is 41.3 Å². The minimum Gasteiger partial charge on any atom is -0.459 e. The molecule has 2 aliphatic rings. The van der Waals surface area contributed by atoms with E-state index < -0.39 is 5.54 Å². The fourth-order valence-corrected chi connectivity index (χ4v) is 3.87. The Morgan fingerprint density at radius 3 is 2.42 bits per heavy atom. The third kappa shape index (κ3) is 2.90. The number of carbonyl (C=O) groups excluding carboxylic acids is 2. The summed E-state index contributed by atoms with van der Waals surface area (Å²) in [6.07, 6.45) is 6.53. The van der Waals surface area contributed by atoms with Gasteiger partial charge in [-0.1, -0.05) is 0 Å². The van der Waals surface area contributed by atoms with E-state index in [-0.39, 0.29) is 11.8 Å². The van der Waals surface area contributed by atoms with Gasteiger partial charge in [0.05, 0.1) is 6.26 Å². The van der Waals surface area contributed by atoms with Gasteiger partial charge in [0.15, 0.2) is 5.76 Å². The van der Waals surface area contributed by atoms with Gasteiger partial charge >= 0.3 is 0 Å². The van der Waals surface area contributed by atoms with E-state index in [9.17, 15) is 9.59 Å². The van der Waals surface area contributed by atoms with E-state index in [1.54, 1.807) is 23.2 Å². The second kappa shape index (κ2) is 6.95. The zero-order valence-corrected chi connectivity index (χ0v) is 14.6. The van der Waals surface area contributed by atoms with Gasteiger partial charge in [0, 0.05) is 38.6 Å². The molecule has 4 heterocycles. The van der Waals surface area contributed by atoms with Crippen molar-refractivity contribution in [1.29, 1.82) is 0 Å². The van der Waals surface area contributed by atoms with Crippen molar-refractivity contribution >= 4 is 11.8 Å². The molecular weight excluding hydrogens is 334 g/mol. The van der Waals surface area contributed by atoms with Crippen molar-refractivity contribution in [3.63, 3.8) is 0 Å². The molecule has 2 amide bonds. The van der Waals surface area contributed by atoms with E-state index in [0.717, 1.165) is 25.9 Å². The summed E-state index contributed by atoms with van der Waals surface area (Å²) < 4.78 is 7.01. The largest absolute Gasteiger partial charge is 0.459 e. The summed E-state index contributed by atoms with van der Waals surface area (Å²) in [5.74, 6) is 0.328. The van der Waals surface area contributed by atoms with E-state index in [1.165, 1.54) is 6.26 Å². The first-order valence-corrected chi connectivity index (χ1v) is 9.04. The Morgan fingerprint density at radius 2 is 1.81 bits per heavy atom. The quantitative estimate of drug-likeness (QED) is 0.867. The van der Waals surface area contributed by atoms with Crippen LogP contribution in [0.2, 0.25) is 0 Å². The number of hydrogen-bond donors (Lipinski definition) is 1. The van der Waals surface area contributed by atoms with Gasteiger partial charge in [-0.05, 0) is 44.1 Å². The van der Waals surface area contributed by atoms with Crippen molar-refractivity contribution in [1.82, 2.24) is 24.9 Å². The SMILES string of the molecule is O=C(c1ccco1)N1CCN(C(=O)C2(n3cccn3)CCNCC2)CC1. The van der Waals surface area contributed by atoms with Gasteiger partial charge in [-0.25, -0.2) is 0 Å². The molecule has 0 saturated carbocycles. The van der Waals surface area contributed by atoms with Crippen LogP contribution in [0.3, 0.4) is 0 Å². The molecule has 26 heavy (non-hydrogen) atoms. The summed E-state index contributed by atoms with van der Waals surface area (Å²) in [7, 11) is 0. The number of piperidine rings is 1. The first-order valence-electron chi connectivity index (χ1n) is 9.04. The van der Waals surface area contributed by atoms with Crippen LogP contribution in [0.5, 0.6) is 0 Å². The number of aromatic nitrogens is 2. The highest BCUT2D eigenvalue weighted by Crippen LogP contribution is 2.30. The summed E-state index contributed by atoms with van der Waals surface area (Å²) in [5, 5.41) is 7.69. The van der Waals surface area contributed by atoms with Crippen molar-refractivity contribution in [3.8, 4) is 0 Å². The third-order valence-electron chi connectivity index (χ3n) is 5.36. The molecule has 0 aliphatic carbocycles. The minimum atomic E-state index is -0.623. The minimum absolute atomic E-state index is 0.104. The van der Waals surface area contributed by atoms with Crippen LogP contribution in [-0.2, 0) is 10.3 Å². The molecule has 2 fully saturated rings. The lowest BCUT2D eigenvalue weighted by atomic mass is 9.86. The molecule has 8 heteroatoms. The Kier molecular flexibility index (Phi) is 4.50. The smallest absolute Gasteiger partial charge is 0.289 e. The van der Waals surface area contributed by atoms with Gasteiger partial charge in [0.25, 0.3) is 11.8 Å². The summed E-state index contributed by atoms with van der Waals surface area (Å²) in [5.41, 5.74) is -0.623. The van der Waals surface area contributed by atoms with Crippen molar-refractivity contribution < 1.29 is 14.0 Å². The molecule has 2 aromatic rings. The summed E-state index contributed by atoms with van der Waals surface area (Å²) in [4.78, 5) is 29.4. The molecule has 1 N–H and O–H groups in total. The maximum atomic E-state index is 13.4. The summed E-state index contributed by atoms with van der Waals surface area (Å²) in [6, 6.07) is 5.23. The molecule has 138 valence electrons. The highest BCUT2D eigenvalue weighted by atomic mass is 16.3. The molecule has 2 saturated heterocycles. The first-order chi connectivity index (χ1) is 12.7. The van der Waals surface area contributed by atoms with Crippen molar-refractivity contribution in [2.45, 2.75) is 18.4 Å². The number of carbonyl (C=O) groups is 2. The van der Waals surface area contributed by atoms with E-state index in [2.05, 4.69) is 10.4 Å². The van der Waals surface area contributed by atoms with Crippen LogP contribution in [0.4, 0.5) is 0 Å².